The van der Waals surface area contributed by atoms with Gasteiger partial charge in [-0.3, -0.25) is 9.59 Å². The lowest BCUT2D eigenvalue weighted by Crippen LogP contribution is -2.52. The van der Waals surface area contributed by atoms with Crippen LogP contribution in [0.5, 0.6) is 5.75 Å². The molecule has 0 spiro atoms. The van der Waals surface area contributed by atoms with Gasteiger partial charge in [-0.2, -0.15) is 0 Å². The molecule has 31 heavy (non-hydrogen) atoms. The van der Waals surface area contributed by atoms with Crippen LogP contribution in [-0.2, 0) is 16.1 Å². The molecule has 166 valence electrons. The topological polar surface area (TPSA) is 58.6 Å². The van der Waals surface area contributed by atoms with E-state index in [0.717, 1.165) is 36.8 Å². The van der Waals surface area contributed by atoms with Gasteiger partial charge in [0.2, 0.25) is 5.91 Å². The standard InChI is InChI=1S/C26H34N2O3/c1-3-24(26(30)27-22-13-6-4-7-14-22)28(18-21-12-10-11-20(2)17-21)25(29)19-31-23-15-8-5-9-16-23/h5,8-12,15-17,22,24H,3-4,6-7,13-14,18-19H2,1-2H3,(H,27,30)/t24-/m0/s1. The first kappa shape index (κ1) is 22.9. The highest BCUT2D eigenvalue weighted by atomic mass is 16.5. The molecule has 1 saturated carbocycles. The number of carbonyl (C=O) groups excluding carboxylic acids is 2. The monoisotopic (exact) mass is 422 g/mol. The van der Waals surface area contributed by atoms with Crippen LogP contribution in [0.1, 0.15) is 56.6 Å². The van der Waals surface area contributed by atoms with E-state index in [-0.39, 0.29) is 24.5 Å². The van der Waals surface area contributed by atoms with Crippen molar-refractivity contribution in [3.63, 3.8) is 0 Å². The molecule has 1 atom stereocenters. The van der Waals surface area contributed by atoms with Gasteiger partial charge in [0.25, 0.3) is 5.91 Å². The molecule has 0 unspecified atom stereocenters. The minimum Gasteiger partial charge on any atom is -0.484 e. The van der Waals surface area contributed by atoms with Crippen LogP contribution in [-0.4, -0.2) is 35.4 Å². The molecule has 2 amide bonds. The predicted octanol–water partition coefficient (Wildman–Crippen LogP) is 4.63. The van der Waals surface area contributed by atoms with E-state index in [0.29, 0.717) is 18.7 Å². The molecule has 0 aromatic heterocycles. The molecule has 5 nitrogen and oxygen atoms in total. The van der Waals surface area contributed by atoms with Crippen molar-refractivity contribution in [3.8, 4) is 5.75 Å². The maximum absolute atomic E-state index is 13.2. The highest BCUT2D eigenvalue weighted by Crippen LogP contribution is 2.19. The van der Waals surface area contributed by atoms with Gasteiger partial charge in [-0.15, -0.1) is 0 Å². The van der Waals surface area contributed by atoms with Crippen LogP contribution in [0.2, 0.25) is 0 Å². The second-order valence-electron chi connectivity index (χ2n) is 8.38. The van der Waals surface area contributed by atoms with Crippen molar-refractivity contribution in [2.45, 2.75) is 71.0 Å². The summed E-state index contributed by atoms with van der Waals surface area (Å²) in [5, 5.41) is 3.20. The number of hydrogen-bond donors (Lipinski definition) is 1. The van der Waals surface area contributed by atoms with Gasteiger partial charge >= 0.3 is 0 Å². The van der Waals surface area contributed by atoms with E-state index in [1.165, 1.54) is 6.42 Å². The van der Waals surface area contributed by atoms with Gasteiger partial charge in [0.1, 0.15) is 11.8 Å². The number of aryl methyl sites for hydroxylation is 1. The third kappa shape index (κ3) is 6.84. The number of benzene rings is 2. The Bertz CT molecular complexity index is 847. The smallest absolute Gasteiger partial charge is 0.261 e. The second-order valence-corrected chi connectivity index (χ2v) is 8.38. The van der Waals surface area contributed by atoms with Crippen LogP contribution in [0.25, 0.3) is 0 Å². The van der Waals surface area contributed by atoms with Crippen LogP contribution in [0.15, 0.2) is 54.6 Å². The quantitative estimate of drug-likeness (QED) is 0.641. The van der Waals surface area contributed by atoms with E-state index in [2.05, 4.69) is 11.4 Å². The van der Waals surface area contributed by atoms with E-state index in [9.17, 15) is 9.59 Å². The first-order chi connectivity index (χ1) is 15.1. The molecule has 0 heterocycles. The maximum atomic E-state index is 13.2. The molecule has 0 bridgehead atoms. The Kier molecular flexibility index (Phi) is 8.51. The number of rotatable bonds is 9. The SMILES string of the molecule is CC[C@@H](C(=O)NC1CCCCC1)N(Cc1cccc(C)c1)C(=O)COc1ccccc1. The van der Waals surface area contributed by atoms with Crippen molar-refractivity contribution >= 4 is 11.8 Å². The first-order valence-corrected chi connectivity index (χ1v) is 11.4. The first-order valence-electron chi connectivity index (χ1n) is 11.4. The normalized spacial score (nSPS) is 15.2. The summed E-state index contributed by atoms with van der Waals surface area (Å²) in [5.41, 5.74) is 2.14. The number of ether oxygens (including phenoxy) is 1. The highest BCUT2D eigenvalue weighted by molar-refractivity contribution is 5.88. The molecule has 1 N–H and O–H groups in total. The largest absolute Gasteiger partial charge is 0.484 e. The Morgan fingerprint density at radius 3 is 2.48 bits per heavy atom. The fourth-order valence-electron chi connectivity index (χ4n) is 4.22. The molecular formula is C26H34N2O3. The van der Waals surface area contributed by atoms with Crippen LogP contribution >= 0.6 is 0 Å². The Morgan fingerprint density at radius 1 is 1.06 bits per heavy atom. The molecule has 0 radical (unpaired) electrons. The van der Waals surface area contributed by atoms with Crippen molar-refractivity contribution < 1.29 is 14.3 Å². The molecule has 5 heteroatoms. The minimum absolute atomic E-state index is 0.0601. The van der Waals surface area contributed by atoms with Crippen molar-refractivity contribution in [1.29, 1.82) is 0 Å². The van der Waals surface area contributed by atoms with E-state index in [4.69, 9.17) is 4.74 Å². The van der Waals surface area contributed by atoms with E-state index in [1.807, 2.05) is 62.4 Å². The average Bonchev–Trinajstić information content (AvgIpc) is 2.79. The third-order valence-corrected chi connectivity index (χ3v) is 5.88. The van der Waals surface area contributed by atoms with Crippen molar-refractivity contribution in [3.05, 3.63) is 65.7 Å². The van der Waals surface area contributed by atoms with Gasteiger partial charge in [-0.1, -0.05) is 74.2 Å². The number of nitrogens with zero attached hydrogens (tertiary/aromatic N) is 1. The Morgan fingerprint density at radius 2 is 1.81 bits per heavy atom. The maximum Gasteiger partial charge on any atom is 0.261 e. The van der Waals surface area contributed by atoms with Crippen LogP contribution in [0, 0.1) is 6.92 Å². The summed E-state index contributed by atoms with van der Waals surface area (Å²) < 4.78 is 5.71. The van der Waals surface area contributed by atoms with Gasteiger partial charge in [-0.05, 0) is 43.9 Å². The zero-order valence-corrected chi connectivity index (χ0v) is 18.7. The van der Waals surface area contributed by atoms with Gasteiger partial charge in [0.05, 0.1) is 0 Å². The van der Waals surface area contributed by atoms with Crippen molar-refractivity contribution in [2.24, 2.45) is 0 Å². The zero-order chi connectivity index (χ0) is 22.1. The number of para-hydroxylation sites is 1. The average molecular weight is 423 g/mol. The van der Waals surface area contributed by atoms with Gasteiger partial charge in [0.15, 0.2) is 6.61 Å². The Labute approximate surface area is 185 Å². The van der Waals surface area contributed by atoms with Gasteiger partial charge in [-0.25, -0.2) is 0 Å². The van der Waals surface area contributed by atoms with Crippen LogP contribution < -0.4 is 10.1 Å². The zero-order valence-electron chi connectivity index (χ0n) is 18.7. The van der Waals surface area contributed by atoms with Gasteiger partial charge in [0, 0.05) is 12.6 Å². The number of carbonyl (C=O) groups is 2. The molecule has 2 aromatic carbocycles. The van der Waals surface area contributed by atoms with E-state index >= 15 is 0 Å². The predicted molar refractivity (Wildman–Crippen MR) is 123 cm³/mol. The lowest BCUT2D eigenvalue weighted by Gasteiger charge is -2.32. The molecule has 1 fully saturated rings. The summed E-state index contributed by atoms with van der Waals surface area (Å²) in [6.07, 6.45) is 6.13. The second kappa shape index (κ2) is 11.5. The molecule has 0 aliphatic heterocycles. The highest BCUT2D eigenvalue weighted by Gasteiger charge is 2.30. The van der Waals surface area contributed by atoms with Crippen LogP contribution in [0.4, 0.5) is 0 Å². The fraction of sp³-hybridized carbons (Fsp3) is 0.462. The Hall–Kier alpha value is -2.82. The fourth-order valence-corrected chi connectivity index (χ4v) is 4.22. The summed E-state index contributed by atoms with van der Waals surface area (Å²) in [5.74, 6) is 0.400. The minimum atomic E-state index is -0.519. The van der Waals surface area contributed by atoms with Crippen molar-refractivity contribution in [2.75, 3.05) is 6.61 Å². The number of nitrogens with one attached hydrogen (secondary N) is 1. The van der Waals surface area contributed by atoms with Crippen LogP contribution in [0.3, 0.4) is 0 Å². The molecule has 2 aromatic rings. The summed E-state index contributed by atoms with van der Waals surface area (Å²) in [6.45, 7) is 4.28. The molecule has 0 saturated heterocycles. The number of hydrogen-bond acceptors (Lipinski definition) is 3. The molecule has 1 aliphatic rings. The molecular weight excluding hydrogens is 388 g/mol. The summed E-state index contributed by atoms with van der Waals surface area (Å²) in [6, 6.07) is 17.1. The summed E-state index contributed by atoms with van der Waals surface area (Å²) >= 11 is 0. The number of amides is 2. The lowest BCUT2D eigenvalue weighted by atomic mass is 9.95. The molecule has 1 aliphatic carbocycles. The molecule has 3 rings (SSSR count). The Balaban J connectivity index is 1.74. The van der Waals surface area contributed by atoms with Gasteiger partial charge < -0.3 is 15.0 Å². The lowest BCUT2D eigenvalue weighted by molar-refractivity contribution is -0.143. The summed E-state index contributed by atoms with van der Waals surface area (Å²) in [4.78, 5) is 28.1. The summed E-state index contributed by atoms with van der Waals surface area (Å²) in [7, 11) is 0. The van der Waals surface area contributed by atoms with E-state index in [1.54, 1.807) is 4.90 Å². The van der Waals surface area contributed by atoms with Crippen molar-refractivity contribution in [1.82, 2.24) is 10.2 Å². The van der Waals surface area contributed by atoms with E-state index < -0.39 is 6.04 Å². The third-order valence-electron chi connectivity index (χ3n) is 5.88.